The van der Waals surface area contributed by atoms with Crippen LogP contribution in [-0.2, 0) is 25.4 Å². The van der Waals surface area contributed by atoms with Gasteiger partial charge in [0.2, 0.25) is 0 Å². The minimum absolute atomic E-state index is 0.156. The Bertz CT molecular complexity index is 1640. The third-order valence-electron chi connectivity index (χ3n) is 7.00. The summed E-state index contributed by atoms with van der Waals surface area (Å²) in [7, 11) is 3.71. The molecule has 0 radical (unpaired) electrons. The minimum atomic E-state index is -0.353. The van der Waals surface area contributed by atoms with Gasteiger partial charge in [-0.25, -0.2) is 14.6 Å². The van der Waals surface area contributed by atoms with Crippen molar-refractivity contribution in [2.75, 3.05) is 24.2 Å². The number of aromatic nitrogens is 5. The van der Waals surface area contributed by atoms with Crippen LogP contribution in [0.4, 0.5) is 17.2 Å². The van der Waals surface area contributed by atoms with Crippen molar-refractivity contribution in [1.82, 2.24) is 29.6 Å². The number of carbonyl (C=O) groups is 1. The predicted molar refractivity (Wildman–Crippen MR) is 156 cm³/mol. The summed E-state index contributed by atoms with van der Waals surface area (Å²) in [4.78, 5) is 41.6. The Balaban J connectivity index is 1.40. The molecule has 4 aromatic rings. The van der Waals surface area contributed by atoms with Crippen molar-refractivity contribution in [3.05, 3.63) is 87.4 Å². The van der Waals surface area contributed by atoms with Crippen LogP contribution in [0.2, 0.25) is 0 Å². The van der Waals surface area contributed by atoms with Gasteiger partial charge in [-0.1, -0.05) is 39.0 Å². The lowest BCUT2D eigenvalue weighted by Crippen LogP contribution is -2.27. The van der Waals surface area contributed by atoms with E-state index in [4.69, 9.17) is 4.98 Å². The fraction of sp³-hybridized carbons (Fsp3) is 0.333. The summed E-state index contributed by atoms with van der Waals surface area (Å²) in [5.41, 5.74) is 6.06. The smallest absolute Gasteiger partial charge is 0.290 e. The molecule has 0 bridgehead atoms. The SMILES string of the molecule is Cc1ccc(-c2cc(Nc3ccc4c(n3)CCN(C)C4)c(=O)n(C)n2)cc1NC(=O)c1cnc(C(C)(C)C)cn1. The van der Waals surface area contributed by atoms with E-state index in [-0.39, 0.29) is 22.6 Å². The summed E-state index contributed by atoms with van der Waals surface area (Å²) in [5.74, 6) is 0.265. The van der Waals surface area contributed by atoms with Crippen LogP contribution in [0.15, 0.2) is 53.6 Å². The van der Waals surface area contributed by atoms with Gasteiger partial charge in [0.25, 0.3) is 11.5 Å². The minimum Gasteiger partial charge on any atom is -0.336 e. The van der Waals surface area contributed by atoms with E-state index >= 15 is 0 Å². The van der Waals surface area contributed by atoms with Crippen LogP contribution >= 0.6 is 0 Å². The molecule has 3 aromatic heterocycles. The Kier molecular flexibility index (Phi) is 7.20. The number of benzene rings is 1. The number of rotatable bonds is 5. The van der Waals surface area contributed by atoms with Crippen molar-refractivity contribution < 1.29 is 4.79 Å². The van der Waals surface area contributed by atoms with E-state index in [9.17, 15) is 9.59 Å². The molecule has 0 saturated heterocycles. The number of fused-ring (bicyclic) bond motifs is 1. The second kappa shape index (κ2) is 10.6. The lowest BCUT2D eigenvalue weighted by molar-refractivity contribution is 0.102. The van der Waals surface area contributed by atoms with Crippen molar-refractivity contribution in [2.45, 2.75) is 46.1 Å². The molecule has 0 atom stereocenters. The van der Waals surface area contributed by atoms with Crippen LogP contribution in [0, 0.1) is 6.92 Å². The lowest BCUT2D eigenvalue weighted by atomic mass is 9.93. The van der Waals surface area contributed by atoms with Gasteiger partial charge in [0, 0.05) is 55.1 Å². The van der Waals surface area contributed by atoms with Crippen molar-refractivity contribution in [1.29, 1.82) is 0 Å². The first-order valence-electron chi connectivity index (χ1n) is 13.3. The molecule has 1 amide bonds. The monoisotopic (exact) mass is 538 g/mol. The van der Waals surface area contributed by atoms with Crippen molar-refractivity contribution >= 4 is 23.1 Å². The lowest BCUT2D eigenvalue weighted by Gasteiger charge is -2.24. The topological polar surface area (TPSA) is 118 Å². The molecular formula is C30H34N8O2. The number of hydrogen-bond acceptors (Lipinski definition) is 8. The zero-order chi connectivity index (χ0) is 28.6. The molecule has 2 N–H and O–H groups in total. The standard InChI is InChI=1S/C30H34N8O2/c1-18-7-8-19(13-22(18)35-28(39)25-15-32-26(16-31-25)30(2,3)4)23-14-24(29(40)38(6)36-23)34-27-10-9-20-17-37(5)12-11-21(20)33-27/h7-10,13-16H,11-12,17H2,1-6H3,(H,33,34)(H,35,39). The summed E-state index contributed by atoms with van der Waals surface area (Å²) >= 11 is 0. The van der Waals surface area contributed by atoms with Gasteiger partial charge in [-0.2, -0.15) is 5.10 Å². The first kappa shape index (κ1) is 27.1. The Morgan fingerprint density at radius 3 is 2.52 bits per heavy atom. The maximum atomic E-state index is 13.0. The van der Waals surface area contributed by atoms with Gasteiger partial charge in [-0.05, 0) is 43.3 Å². The molecule has 4 heterocycles. The predicted octanol–water partition coefficient (Wildman–Crippen LogP) is 4.22. The molecular weight excluding hydrogens is 504 g/mol. The number of carbonyl (C=O) groups excluding carboxylic acids is 1. The number of nitrogens with one attached hydrogen (secondary N) is 2. The molecule has 1 aliphatic rings. The van der Waals surface area contributed by atoms with E-state index in [0.717, 1.165) is 42.0 Å². The molecule has 206 valence electrons. The first-order valence-corrected chi connectivity index (χ1v) is 13.3. The third-order valence-corrected chi connectivity index (χ3v) is 7.00. The first-order chi connectivity index (χ1) is 19.0. The van der Waals surface area contributed by atoms with E-state index in [2.05, 4.69) is 43.7 Å². The molecule has 0 aliphatic carbocycles. The number of pyridine rings is 1. The fourth-order valence-corrected chi connectivity index (χ4v) is 4.54. The molecule has 0 unspecified atom stereocenters. The molecule has 0 fully saturated rings. The van der Waals surface area contributed by atoms with E-state index in [1.807, 2.05) is 52.0 Å². The van der Waals surface area contributed by atoms with Crippen LogP contribution in [0.5, 0.6) is 0 Å². The molecule has 0 spiro atoms. The molecule has 10 nitrogen and oxygen atoms in total. The van der Waals surface area contributed by atoms with Crippen molar-refractivity contribution in [2.24, 2.45) is 7.05 Å². The van der Waals surface area contributed by atoms with Gasteiger partial charge in [-0.3, -0.25) is 14.6 Å². The Labute approximate surface area is 233 Å². The normalized spacial score (nSPS) is 13.6. The number of hydrogen-bond donors (Lipinski definition) is 2. The fourth-order valence-electron chi connectivity index (χ4n) is 4.54. The molecule has 1 aromatic carbocycles. The molecule has 1 aliphatic heterocycles. The number of anilines is 3. The van der Waals surface area contributed by atoms with Crippen LogP contribution in [0.25, 0.3) is 11.3 Å². The summed E-state index contributed by atoms with van der Waals surface area (Å²) in [5, 5.41) is 10.6. The summed E-state index contributed by atoms with van der Waals surface area (Å²) in [6.07, 6.45) is 4.00. The summed E-state index contributed by atoms with van der Waals surface area (Å²) in [6.45, 7) is 9.86. The number of nitrogens with zero attached hydrogens (tertiary/aromatic N) is 6. The van der Waals surface area contributed by atoms with E-state index in [1.165, 1.54) is 16.4 Å². The quantitative estimate of drug-likeness (QED) is 0.388. The average molecular weight is 539 g/mol. The number of aryl methyl sites for hydroxylation is 2. The highest BCUT2D eigenvalue weighted by Crippen LogP contribution is 2.27. The number of amides is 1. The van der Waals surface area contributed by atoms with E-state index in [1.54, 1.807) is 19.3 Å². The molecule has 0 saturated carbocycles. The van der Waals surface area contributed by atoms with Gasteiger partial charge in [0.1, 0.15) is 17.2 Å². The van der Waals surface area contributed by atoms with E-state index in [0.29, 0.717) is 22.9 Å². The highest BCUT2D eigenvalue weighted by molar-refractivity contribution is 6.03. The number of likely N-dealkylation sites (N-methyl/N-ethyl adjacent to an activating group) is 1. The second-order valence-corrected chi connectivity index (χ2v) is 11.3. The summed E-state index contributed by atoms with van der Waals surface area (Å²) in [6, 6.07) is 11.3. The van der Waals surface area contributed by atoms with Crippen LogP contribution in [0.3, 0.4) is 0 Å². The third kappa shape index (κ3) is 5.76. The van der Waals surface area contributed by atoms with E-state index < -0.39 is 0 Å². The maximum absolute atomic E-state index is 13.0. The maximum Gasteiger partial charge on any atom is 0.290 e. The van der Waals surface area contributed by atoms with Gasteiger partial charge in [-0.15, -0.1) is 0 Å². The van der Waals surface area contributed by atoms with Gasteiger partial charge < -0.3 is 15.5 Å². The Hall–Kier alpha value is -4.44. The zero-order valence-electron chi connectivity index (χ0n) is 23.7. The highest BCUT2D eigenvalue weighted by Gasteiger charge is 2.19. The average Bonchev–Trinajstić information content (AvgIpc) is 2.92. The van der Waals surface area contributed by atoms with Crippen molar-refractivity contribution in [3.63, 3.8) is 0 Å². The highest BCUT2D eigenvalue weighted by atomic mass is 16.2. The van der Waals surface area contributed by atoms with Crippen molar-refractivity contribution in [3.8, 4) is 11.3 Å². The second-order valence-electron chi connectivity index (χ2n) is 11.3. The zero-order valence-corrected chi connectivity index (χ0v) is 23.7. The largest absolute Gasteiger partial charge is 0.336 e. The van der Waals surface area contributed by atoms with Crippen LogP contribution in [0.1, 0.15) is 53.8 Å². The van der Waals surface area contributed by atoms with Crippen LogP contribution < -0.4 is 16.2 Å². The van der Waals surface area contributed by atoms with Gasteiger partial charge in [0.15, 0.2) is 0 Å². The van der Waals surface area contributed by atoms with Gasteiger partial charge in [0.05, 0.1) is 17.6 Å². The molecule has 5 rings (SSSR count). The van der Waals surface area contributed by atoms with Gasteiger partial charge >= 0.3 is 0 Å². The molecule has 40 heavy (non-hydrogen) atoms. The summed E-state index contributed by atoms with van der Waals surface area (Å²) < 4.78 is 1.30. The Morgan fingerprint density at radius 2 is 1.80 bits per heavy atom. The molecule has 10 heteroatoms. The van der Waals surface area contributed by atoms with Crippen LogP contribution in [-0.4, -0.2) is 49.1 Å². The Morgan fingerprint density at radius 1 is 1.00 bits per heavy atom.